The minimum Gasteiger partial charge on any atom is -0.481 e. The zero-order valence-electron chi connectivity index (χ0n) is 15.6. The monoisotopic (exact) mass is 384 g/mol. The van der Waals surface area contributed by atoms with Crippen LogP contribution in [0.25, 0.3) is 0 Å². The predicted molar refractivity (Wildman–Crippen MR) is 98.2 cm³/mol. The number of nitrogens with one attached hydrogen (secondary N) is 1. The molecule has 3 aliphatic rings. The van der Waals surface area contributed by atoms with Gasteiger partial charge in [-0.05, 0) is 25.7 Å². The van der Waals surface area contributed by atoms with Gasteiger partial charge in [0.15, 0.2) is 5.66 Å². The van der Waals surface area contributed by atoms with E-state index in [1.807, 2.05) is 6.20 Å². The molecule has 2 heterocycles. The number of hydrogen-bond acceptors (Lipinski definition) is 6. The SMILES string of the molecule is C#CCCC1(CCC(=O)N[C@@H]2CC(C(=O)O)C[C@@H]2n2cc(C3CC3)nn2)N=N1. The number of hydrogen-bond donors (Lipinski definition) is 2. The Morgan fingerprint density at radius 2 is 2.11 bits per heavy atom. The van der Waals surface area contributed by atoms with E-state index in [0.717, 1.165) is 18.5 Å². The lowest BCUT2D eigenvalue weighted by molar-refractivity contribution is -0.141. The van der Waals surface area contributed by atoms with Crippen LogP contribution in [0.4, 0.5) is 0 Å². The molecule has 9 nitrogen and oxygen atoms in total. The van der Waals surface area contributed by atoms with Gasteiger partial charge >= 0.3 is 5.97 Å². The number of carbonyl (C=O) groups excluding carboxylic acids is 1. The Morgan fingerprint density at radius 1 is 1.32 bits per heavy atom. The molecule has 1 amide bonds. The highest BCUT2D eigenvalue weighted by molar-refractivity contribution is 5.77. The van der Waals surface area contributed by atoms with Crippen LogP contribution in [0, 0.1) is 18.3 Å². The van der Waals surface area contributed by atoms with Gasteiger partial charge < -0.3 is 10.4 Å². The van der Waals surface area contributed by atoms with E-state index in [-0.39, 0.29) is 24.4 Å². The quantitative estimate of drug-likeness (QED) is 0.631. The maximum Gasteiger partial charge on any atom is 0.306 e. The second kappa shape index (κ2) is 7.34. The molecule has 1 unspecified atom stereocenters. The maximum absolute atomic E-state index is 12.5. The number of nitrogens with zero attached hydrogens (tertiary/aromatic N) is 5. The molecular formula is C19H24N6O3. The molecule has 1 aliphatic heterocycles. The van der Waals surface area contributed by atoms with Crippen molar-refractivity contribution in [1.82, 2.24) is 20.3 Å². The molecule has 148 valence electrons. The molecule has 28 heavy (non-hydrogen) atoms. The number of rotatable bonds is 9. The molecule has 9 heteroatoms. The number of aliphatic carboxylic acids is 1. The Kier molecular flexibility index (Phi) is 4.87. The van der Waals surface area contributed by atoms with Gasteiger partial charge in [0.25, 0.3) is 0 Å². The number of carboxylic acids is 1. The van der Waals surface area contributed by atoms with Crippen molar-refractivity contribution >= 4 is 11.9 Å². The topological polar surface area (TPSA) is 122 Å². The molecular weight excluding hydrogens is 360 g/mol. The first-order valence-electron chi connectivity index (χ1n) is 9.81. The smallest absolute Gasteiger partial charge is 0.306 e. The Balaban J connectivity index is 1.37. The predicted octanol–water partition coefficient (Wildman–Crippen LogP) is 2.03. The first kappa shape index (κ1) is 18.6. The summed E-state index contributed by atoms with van der Waals surface area (Å²) < 4.78 is 1.74. The van der Waals surface area contributed by atoms with Gasteiger partial charge in [-0.2, -0.15) is 10.2 Å². The van der Waals surface area contributed by atoms with Gasteiger partial charge in [-0.15, -0.1) is 17.4 Å². The normalized spacial score (nSPS) is 27.3. The summed E-state index contributed by atoms with van der Waals surface area (Å²) in [5, 5.41) is 29.0. The standard InChI is InChI=1S/C19H24N6O3/c1-2-3-7-19(22-23-19)8-6-17(26)20-14-9-13(18(27)28)10-16(14)25-11-15(21-24-25)12-4-5-12/h1,11-14,16H,3-10H2,(H,20,26)(H,27,28)/t13?,14-,16+/m1/s1. The molecule has 3 atom stereocenters. The summed E-state index contributed by atoms with van der Waals surface area (Å²) in [6.07, 6.45) is 12.3. The van der Waals surface area contributed by atoms with Crippen molar-refractivity contribution in [3.8, 4) is 12.3 Å². The second-order valence-electron chi connectivity index (χ2n) is 8.03. The molecule has 4 rings (SSSR count). The number of terminal acetylenes is 1. The van der Waals surface area contributed by atoms with Crippen molar-refractivity contribution < 1.29 is 14.7 Å². The van der Waals surface area contributed by atoms with Crippen molar-refractivity contribution in [1.29, 1.82) is 0 Å². The summed E-state index contributed by atoms with van der Waals surface area (Å²) in [4.78, 5) is 24.0. The minimum atomic E-state index is -0.840. The number of carboxylic acid groups (broad SMARTS) is 1. The molecule has 2 N–H and O–H groups in total. The van der Waals surface area contributed by atoms with Crippen LogP contribution < -0.4 is 5.32 Å². The molecule has 1 aromatic heterocycles. The van der Waals surface area contributed by atoms with Gasteiger partial charge in [0.05, 0.1) is 23.7 Å². The lowest BCUT2D eigenvalue weighted by Gasteiger charge is -2.21. The minimum absolute atomic E-state index is 0.124. The van der Waals surface area contributed by atoms with E-state index in [4.69, 9.17) is 6.42 Å². The highest BCUT2D eigenvalue weighted by Gasteiger charge is 2.42. The van der Waals surface area contributed by atoms with Gasteiger partial charge in [-0.25, -0.2) is 4.68 Å². The van der Waals surface area contributed by atoms with Crippen molar-refractivity contribution in [2.75, 3.05) is 0 Å². The summed E-state index contributed by atoms with van der Waals surface area (Å²) in [6, 6.07) is -0.479. The second-order valence-corrected chi connectivity index (χ2v) is 8.03. The van der Waals surface area contributed by atoms with Crippen LogP contribution in [-0.4, -0.2) is 43.7 Å². The first-order valence-corrected chi connectivity index (χ1v) is 9.81. The largest absolute Gasteiger partial charge is 0.481 e. The lowest BCUT2D eigenvalue weighted by atomic mass is 10.0. The molecule has 0 bridgehead atoms. The van der Waals surface area contributed by atoms with Crippen LogP contribution in [0.15, 0.2) is 16.4 Å². The third kappa shape index (κ3) is 4.06. The average Bonchev–Trinajstić information content (AvgIpc) is 3.58. The fourth-order valence-electron chi connectivity index (χ4n) is 3.94. The van der Waals surface area contributed by atoms with E-state index < -0.39 is 17.6 Å². The molecule has 0 spiro atoms. The zero-order chi connectivity index (χ0) is 19.7. The number of carbonyl (C=O) groups is 2. The summed E-state index contributed by atoms with van der Waals surface area (Å²) in [5.41, 5.74) is 0.462. The van der Waals surface area contributed by atoms with Crippen LogP contribution in [-0.2, 0) is 9.59 Å². The summed E-state index contributed by atoms with van der Waals surface area (Å²) in [6.45, 7) is 0. The highest BCUT2D eigenvalue weighted by atomic mass is 16.4. The summed E-state index contributed by atoms with van der Waals surface area (Å²) >= 11 is 0. The van der Waals surface area contributed by atoms with E-state index >= 15 is 0 Å². The highest BCUT2D eigenvalue weighted by Crippen LogP contribution is 2.41. The Bertz CT molecular complexity index is 831. The maximum atomic E-state index is 12.5. The van der Waals surface area contributed by atoms with Crippen LogP contribution in [0.5, 0.6) is 0 Å². The van der Waals surface area contributed by atoms with Crippen LogP contribution in [0.2, 0.25) is 0 Å². The fraction of sp³-hybridized carbons (Fsp3) is 0.684. The van der Waals surface area contributed by atoms with Crippen LogP contribution in [0.3, 0.4) is 0 Å². The summed E-state index contributed by atoms with van der Waals surface area (Å²) in [7, 11) is 0. The Hall–Kier alpha value is -2.76. The Morgan fingerprint density at radius 3 is 2.75 bits per heavy atom. The third-order valence-corrected chi connectivity index (χ3v) is 5.89. The molecule has 1 aromatic rings. The van der Waals surface area contributed by atoms with Gasteiger partial charge in [0, 0.05) is 37.8 Å². The number of aromatic nitrogens is 3. The number of amides is 1. The van der Waals surface area contributed by atoms with Gasteiger partial charge in [0.1, 0.15) is 0 Å². The third-order valence-electron chi connectivity index (χ3n) is 5.89. The first-order chi connectivity index (χ1) is 13.5. The molecule has 2 saturated carbocycles. The zero-order valence-corrected chi connectivity index (χ0v) is 15.6. The molecule has 0 radical (unpaired) electrons. The average molecular weight is 384 g/mol. The molecule has 0 aromatic carbocycles. The molecule has 0 saturated heterocycles. The van der Waals surface area contributed by atoms with E-state index in [1.54, 1.807) is 4.68 Å². The molecule has 2 aliphatic carbocycles. The Labute approximate surface area is 163 Å². The van der Waals surface area contributed by atoms with Crippen molar-refractivity contribution in [3.05, 3.63) is 11.9 Å². The summed E-state index contributed by atoms with van der Waals surface area (Å²) in [5.74, 6) is 1.58. The van der Waals surface area contributed by atoms with Crippen LogP contribution >= 0.6 is 0 Å². The van der Waals surface area contributed by atoms with Crippen molar-refractivity contribution in [2.45, 2.75) is 75.0 Å². The van der Waals surface area contributed by atoms with E-state index in [0.29, 0.717) is 38.0 Å². The van der Waals surface area contributed by atoms with Crippen molar-refractivity contribution in [3.63, 3.8) is 0 Å². The van der Waals surface area contributed by atoms with Crippen molar-refractivity contribution in [2.24, 2.45) is 16.1 Å². The fourth-order valence-corrected chi connectivity index (χ4v) is 3.94. The lowest BCUT2D eigenvalue weighted by Crippen LogP contribution is -2.39. The van der Waals surface area contributed by atoms with E-state index in [1.165, 1.54) is 0 Å². The van der Waals surface area contributed by atoms with Gasteiger partial charge in [-0.1, -0.05) is 5.21 Å². The van der Waals surface area contributed by atoms with E-state index in [9.17, 15) is 14.7 Å². The van der Waals surface area contributed by atoms with Gasteiger partial charge in [-0.3, -0.25) is 9.59 Å². The van der Waals surface area contributed by atoms with E-state index in [2.05, 4.69) is 31.8 Å². The van der Waals surface area contributed by atoms with Crippen LogP contribution in [0.1, 0.15) is 69.0 Å². The molecule has 2 fully saturated rings. The van der Waals surface area contributed by atoms with Gasteiger partial charge in [0.2, 0.25) is 5.91 Å².